The van der Waals surface area contributed by atoms with Gasteiger partial charge in [-0.15, -0.1) is 0 Å². The minimum Gasteiger partial charge on any atom is -0.311 e. The van der Waals surface area contributed by atoms with Crippen molar-refractivity contribution in [3.63, 3.8) is 0 Å². The quantitative estimate of drug-likeness (QED) is 0.147. The summed E-state index contributed by atoms with van der Waals surface area (Å²) in [5.41, 5.74) is 14.5. The second kappa shape index (κ2) is 10.5. The molecule has 0 saturated carbocycles. The maximum absolute atomic E-state index is 2.97. The van der Waals surface area contributed by atoms with Gasteiger partial charge in [0.15, 0.2) is 0 Å². The van der Waals surface area contributed by atoms with Crippen molar-refractivity contribution in [2.45, 2.75) is 16.9 Å². The molecule has 0 N–H and O–H groups in total. The SMILES string of the molecule is CN1CC23c4c5c6c7c8c9c(c%10c%11c2c2c4c4c%12c5c5c6c6c8c8c%13c9c9c%10c%10c%11c%11c2c2c4c4c%12c%12c5c5c6c8c6c8c%13c9c9c%10c%10c%11c2c2c4c4c%12c5c6c5c8c9c%10c2c45)C73C1c1ccc(N(c2ccccc2)c2ccc(N(c3ccccc3)c3ccccc3)cc2)cc1. The van der Waals surface area contributed by atoms with Gasteiger partial charge in [0, 0.05) is 46.7 Å². The Bertz CT molecular complexity index is 8830. The molecule has 4 aliphatic carbocycles. The average Bonchev–Trinajstić information content (AvgIpc) is 1.38. The summed E-state index contributed by atoms with van der Waals surface area (Å²) in [6.45, 7) is 0.987. The number of hydrogen-bond donors (Lipinski definition) is 0. The highest BCUT2D eigenvalue weighted by molar-refractivity contribution is 6.82. The van der Waals surface area contributed by atoms with Crippen molar-refractivity contribution in [3.05, 3.63) is 167 Å². The van der Waals surface area contributed by atoms with Crippen LogP contribution in [0.5, 0.6) is 0 Å². The highest BCUT2D eigenvalue weighted by Gasteiger charge is 2.76. The van der Waals surface area contributed by atoms with E-state index in [9.17, 15) is 0 Å². The zero-order valence-corrected chi connectivity index (χ0v) is 50.4. The predicted molar refractivity (Wildman–Crippen MR) is 405 cm³/mol. The van der Waals surface area contributed by atoms with Crippen LogP contribution in [0.25, 0.3) is 291 Å². The van der Waals surface area contributed by atoms with Crippen molar-refractivity contribution >= 4 is 325 Å². The van der Waals surface area contributed by atoms with Gasteiger partial charge >= 0.3 is 0 Å². The van der Waals surface area contributed by atoms with Crippen molar-refractivity contribution in [3.8, 4) is 0 Å². The Hall–Kier alpha value is -11.9. The Morgan fingerprint density at radius 1 is 0.219 bits per heavy atom. The molecule has 1 saturated heterocycles. The first-order valence-corrected chi connectivity index (χ1v) is 35.2. The van der Waals surface area contributed by atoms with Crippen molar-refractivity contribution < 1.29 is 0 Å². The molecule has 1 heterocycles. The summed E-state index contributed by atoms with van der Waals surface area (Å²) in [6.07, 6.45) is 0. The van der Waals surface area contributed by atoms with E-state index >= 15 is 0 Å². The average molecular weight is 1190 g/mol. The fraction of sp³-hybridized carbons (Fsp3) is 0.0538. The van der Waals surface area contributed by atoms with Gasteiger partial charge in [0.1, 0.15) is 0 Å². The van der Waals surface area contributed by atoms with E-state index in [2.05, 4.69) is 161 Å². The molecule has 1 fully saturated rings. The standard InChI is InChI=1S/C93H29N3/c1-94-25-92-87-79-71-61-51-43-35-33-34-37-41-39(35)47-55-49(41)59-53-45(37)46-38(34)42-40-36(33)44(43)52-58-48(40)56-50(42)60-54(46)64-63(53)75-69(59)77-67(55)73(65(71)57(47)51)81(87)83(77)89-85(75)86-76(64)70(60)78-68(56)74-66(58)72(62(52)61)80(79)88(92)82(74)84(78)90(86)93(89,92)91(94)26-17-19-30(20-18-26)96(29-15-9-4-10-16-29)32-23-21-31(22-24-32)95(27-11-5-2-6-12-27)28-13-7-3-8-14-28/h2-24,91H,25H2,1H3. The summed E-state index contributed by atoms with van der Waals surface area (Å²) in [4.78, 5) is 7.84. The van der Waals surface area contributed by atoms with Gasteiger partial charge in [-0.1, -0.05) is 66.7 Å². The smallest absolute Gasteiger partial charge is 0.0575 e. The summed E-state index contributed by atoms with van der Waals surface area (Å²) in [6, 6.07) is 52.4. The van der Waals surface area contributed by atoms with Crippen molar-refractivity contribution in [2.24, 2.45) is 0 Å². The lowest BCUT2D eigenvalue weighted by Gasteiger charge is -2.52. The number of para-hydroxylation sites is 3. The normalized spacial score (nSPS) is 20.4. The van der Waals surface area contributed by atoms with E-state index in [1.165, 1.54) is 11.3 Å². The number of likely N-dealkylation sites (N-methyl/N-ethyl adjacent to an activating group) is 1. The first kappa shape index (κ1) is 40.3. The number of hydrogen-bond acceptors (Lipinski definition) is 3. The van der Waals surface area contributed by atoms with Gasteiger partial charge in [0.2, 0.25) is 0 Å². The van der Waals surface area contributed by atoms with Gasteiger partial charge in [-0.25, -0.2) is 0 Å². The Kier molecular flexibility index (Phi) is 4.40. The number of nitrogens with zero attached hydrogens (tertiary/aromatic N) is 3. The van der Waals surface area contributed by atoms with Crippen LogP contribution in [0, 0.1) is 0 Å². The van der Waals surface area contributed by atoms with Gasteiger partial charge in [-0.3, -0.25) is 4.90 Å². The van der Waals surface area contributed by atoms with Gasteiger partial charge in [0.05, 0.1) is 10.8 Å². The minimum atomic E-state index is -0.424. The number of rotatable bonds is 7. The molecule has 33 aromatic carbocycles. The highest BCUT2D eigenvalue weighted by atomic mass is 15.2. The molecule has 3 heteroatoms. The minimum absolute atomic E-state index is 0.0497. The van der Waals surface area contributed by atoms with E-state index in [0.717, 1.165) is 35.0 Å². The van der Waals surface area contributed by atoms with Crippen molar-refractivity contribution in [1.29, 1.82) is 0 Å². The fourth-order valence-corrected chi connectivity index (χ4v) is 29.7. The van der Waals surface area contributed by atoms with Crippen LogP contribution in [0.4, 0.5) is 34.1 Å². The maximum atomic E-state index is 2.97. The Morgan fingerprint density at radius 3 is 0.615 bits per heavy atom. The largest absolute Gasteiger partial charge is 0.311 e. The number of likely N-dealkylation sites (tertiary alicyclic amines) is 1. The van der Waals surface area contributed by atoms with E-state index in [1.807, 2.05) is 0 Å². The molecule has 1 aliphatic heterocycles. The van der Waals surface area contributed by atoms with E-state index < -0.39 is 5.41 Å². The molecule has 1 unspecified atom stereocenters. The van der Waals surface area contributed by atoms with Crippen LogP contribution in [-0.4, -0.2) is 18.5 Å². The van der Waals surface area contributed by atoms with E-state index in [4.69, 9.17) is 0 Å². The first-order chi connectivity index (χ1) is 47.7. The predicted octanol–water partition coefficient (Wildman–Crippen LogP) is 24.9. The third kappa shape index (κ3) is 2.69. The monoisotopic (exact) mass is 1190 g/mol. The molecule has 3 nitrogen and oxygen atoms in total. The summed E-state index contributed by atoms with van der Waals surface area (Å²) in [7, 11) is 2.59. The van der Waals surface area contributed by atoms with Crippen LogP contribution in [0.15, 0.2) is 140 Å². The van der Waals surface area contributed by atoms with Gasteiger partial charge in [-0.2, -0.15) is 0 Å². The number of anilines is 6. The lowest BCUT2D eigenvalue weighted by molar-refractivity contribution is 0.271. The Balaban J connectivity index is 0.749. The van der Waals surface area contributed by atoms with Crippen LogP contribution < -0.4 is 9.80 Å². The molecular formula is C93H29N3. The summed E-state index contributed by atoms with van der Waals surface area (Å²) in [5.74, 6) is 0. The molecule has 0 amide bonds. The molecule has 416 valence electrons. The molecule has 38 rings (SSSR count). The maximum Gasteiger partial charge on any atom is 0.0575 e. The van der Waals surface area contributed by atoms with Gasteiger partial charge in [-0.05, 0) is 399 Å². The van der Waals surface area contributed by atoms with Crippen molar-refractivity contribution in [1.82, 2.24) is 4.90 Å². The summed E-state index contributed by atoms with van der Waals surface area (Å²) < 4.78 is 0. The van der Waals surface area contributed by atoms with Crippen LogP contribution in [0.2, 0.25) is 0 Å². The summed E-state index contributed by atoms with van der Waals surface area (Å²) >= 11 is 0. The fourth-order valence-electron chi connectivity index (χ4n) is 29.7. The first-order valence-electron chi connectivity index (χ1n) is 35.2. The Morgan fingerprint density at radius 2 is 0.396 bits per heavy atom. The van der Waals surface area contributed by atoms with Crippen LogP contribution in [0.3, 0.4) is 0 Å². The van der Waals surface area contributed by atoms with E-state index in [0.29, 0.717) is 0 Å². The molecule has 5 aliphatic rings. The van der Waals surface area contributed by atoms with Gasteiger partial charge in [0.25, 0.3) is 0 Å². The third-order valence-electron chi connectivity index (χ3n) is 30.8. The molecule has 96 heavy (non-hydrogen) atoms. The second-order valence-electron chi connectivity index (χ2n) is 32.6. The zero-order valence-electron chi connectivity index (χ0n) is 50.4. The topological polar surface area (TPSA) is 9.72 Å². The second-order valence-corrected chi connectivity index (χ2v) is 32.6. The van der Waals surface area contributed by atoms with Gasteiger partial charge < -0.3 is 9.80 Å². The molecule has 2 spiro atoms. The zero-order chi connectivity index (χ0) is 58.8. The van der Waals surface area contributed by atoms with E-state index in [1.54, 1.807) is 313 Å². The molecular weight excluding hydrogens is 1160 g/mol. The molecule has 0 radical (unpaired) electrons. The summed E-state index contributed by atoms with van der Waals surface area (Å²) in [5, 5.41) is 89.3. The Labute approximate surface area is 534 Å². The van der Waals surface area contributed by atoms with Crippen LogP contribution >= 0.6 is 0 Å². The lowest BCUT2D eigenvalue weighted by atomic mass is 9.47. The molecule has 33 aromatic rings. The van der Waals surface area contributed by atoms with Crippen LogP contribution in [-0.2, 0) is 10.8 Å². The highest BCUT2D eigenvalue weighted by Crippen LogP contribution is 2.87. The third-order valence-corrected chi connectivity index (χ3v) is 30.8. The molecule has 1 atom stereocenters. The lowest BCUT2D eigenvalue weighted by Crippen LogP contribution is -2.51. The van der Waals surface area contributed by atoms with E-state index in [-0.39, 0.29) is 11.5 Å². The van der Waals surface area contributed by atoms with Crippen LogP contribution in [0.1, 0.15) is 33.9 Å². The van der Waals surface area contributed by atoms with Crippen molar-refractivity contribution in [2.75, 3.05) is 23.4 Å². The molecule has 0 aromatic heterocycles. The number of benzene rings is 23. The molecule has 0 bridgehead atoms.